The van der Waals surface area contributed by atoms with Crippen molar-refractivity contribution in [3.63, 3.8) is 0 Å². The zero-order valence-corrected chi connectivity index (χ0v) is 7.86. The van der Waals surface area contributed by atoms with Crippen LogP contribution in [0.15, 0.2) is 24.3 Å². The first-order valence-electron chi connectivity index (χ1n) is 4.70. The lowest BCUT2D eigenvalue weighted by Crippen LogP contribution is -1.89. The second-order valence-corrected chi connectivity index (χ2v) is 3.25. The number of hydrogen-bond acceptors (Lipinski definition) is 2. The van der Waals surface area contributed by atoms with E-state index in [1.54, 1.807) is 0 Å². The number of imidazole rings is 1. The van der Waals surface area contributed by atoms with Gasteiger partial charge in [-0.1, -0.05) is 19.1 Å². The van der Waals surface area contributed by atoms with Crippen LogP contribution in [0.2, 0.25) is 0 Å². The molecule has 0 saturated heterocycles. The van der Waals surface area contributed by atoms with Crippen LogP contribution in [0, 0.1) is 0 Å². The Morgan fingerprint density at radius 2 is 2.21 bits per heavy atom. The lowest BCUT2D eigenvalue weighted by Gasteiger charge is -1.92. The van der Waals surface area contributed by atoms with Gasteiger partial charge in [0.1, 0.15) is 5.82 Å². The van der Waals surface area contributed by atoms with Gasteiger partial charge in [0.2, 0.25) is 5.78 Å². The predicted octanol–water partition coefficient (Wildman–Crippen LogP) is 1.77. The number of benzene rings is 1. The fourth-order valence-corrected chi connectivity index (χ4v) is 1.76. The summed E-state index contributed by atoms with van der Waals surface area (Å²) < 4.78 is 2.06. The fourth-order valence-electron chi connectivity index (χ4n) is 1.76. The molecule has 3 rings (SSSR count). The molecular formula is C10H10N4. The van der Waals surface area contributed by atoms with Crippen molar-refractivity contribution in [2.24, 2.45) is 0 Å². The van der Waals surface area contributed by atoms with Crippen LogP contribution in [0.1, 0.15) is 12.7 Å². The van der Waals surface area contributed by atoms with Crippen LogP contribution < -0.4 is 0 Å². The van der Waals surface area contributed by atoms with Crippen LogP contribution in [0.25, 0.3) is 16.8 Å². The molecule has 2 aromatic heterocycles. The minimum Gasteiger partial charge on any atom is -0.263 e. The second-order valence-electron chi connectivity index (χ2n) is 3.25. The number of aromatic amines is 1. The average Bonchev–Trinajstić information content (AvgIpc) is 2.75. The predicted molar refractivity (Wildman–Crippen MR) is 54.2 cm³/mol. The quantitative estimate of drug-likeness (QED) is 0.629. The standard InChI is InChI=1S/C10H10N4/c1-2-9-12-13-10-11-7-5-3-4-6-8(7)14(9)10/h3-6H,2H2,1H3,(H,11,13). The average molecular weight is 186 g/mol. The summed E-state index contributed by atoms with van der Waals surface area (Å²) in [6.07, 6.45) is 0.903. The van der Waals surface area contributed by atoms with Gasteiger partial charge in [-0.25, -0.2) is 10.1 Å². The van der Waals surface area contributed by atoms with Gasteiger partial charge in [0, 0.05) is 6.42 Å². The number of para-hydroxylation sites is 2. The van der Waals surface area contributed by atoms with Crippen LogP contribution in [0.3, 0.4) is 0 Å². The summed E-state index contributed by atoms with van der Waals surface area (Å²) in [7, 11) is 0. The van der Waals surface area contributed by atoms with Crippen LogP contribution >= 0.6 is 0 Å². The molecular weight excluding hydrogens is 176 g/mol. The van der Waals surface area contributed by atoms with E-state index in [0.717, 1.165) is 29.1 Å². The molecule has 0 spiro atoms. The van der Waals surface area contributed by atoms with E-state index in [-0.39, 0.29) is 0 Å². The van der Waals surface area contributed by atoms with Crippen molar-refractivity contribution in [3.8, 4) is 0 Å². The van der Waals surface area contributed by atoms with Gasteiger partial charge in [0.05, 0.1) is 11.0 Å². The van der Waals surface area contributed by atoms with E-state index in [9.17, 15) is 0 Å². The molecule has 4 heteroatoms. The van der Waals surface area contributed by atoms with Crippen molar-refractivity contribution in [2.45, 2.75) is 13.3 Å². The SMILES string of the molecule is CCc1n[nH]c2nc3ccccc3n12. The van der Waals surface area contributed by atoms with E-state index in [0.29, 0.717) is 0 Å². The number of nitrogens with one attached hydrogen (secondary N) is 1. The topological polar surface area (TPSA) is 46.0 Å². The Morgan fingerprint density at radius 3 is 3.07 bits per heavy atom. The van der Waals surface area contributed by atoms with Crippen molar-refractivity contribution in [2.75, 3.05) is 0 Å². The molecule has 14 heavy (non-hydrogen) atoms. The van der Waals surface area contributed by atoms with Crippen LogP contribution in [-0.4, -0.2) is 19.6 Å². The maximum atomic E-state index is 4.43. The van der Waals surface area contributed by atoms with Gasteiger partial charge >= 0.3 is 0 Å². The second kappa shape index (κ2) is 2.57. The third kappa shape index (κ3) is 0.824. The molecule has 0 saturated carbocycles. The number of aromatic nitrogens is 4. The minimum atomic E-state index is 0.822. The molecule has 0 amide bonds. The van der Waals surface area contributed by atoms with E-state index >= 15 is 0 Å². The molecule has 0 bridgehead atoms. The normalized spacial score (nSPS) is 11.5. The molecule has 0 aliphatic heterocycles. The van der Waals surface area contributed by atoms with Crippen LogP contribution in [0.4, 0.5) is 0 Å². The maximum Gasteiger partial charge on any atom is 0.230 e. The van der Waals surface area contributed by atoms with E-state index in [1.165, 1.54) is 0 Å². The summed E-state index contributed by atoms with van der Waals surface area (Å²) >= 11 is 0. The van der Waals surface area contributed by atoms with Crippen molar-refractivity contribution in [1.29, 1.82) is 0 Å². The maximum absolute atomic E-state index is 4.43. The zero-order valence-electron chi connectivity index (χ0n) is 7.86. The number of fused-ring (bicyclic) bond motifs is 3. The Bertz CT molecular complexity index is 590. The molecule has 2 heterocycles. The van der Waals surface area contributed by atoms with Crippen molar-refractivity contribution in [1.82, 2.24) is 19.6 Å². The van der Waals surface area contributed by atoms with Gasteiger partial charge in [-0.15, -0.1) is 0 Å². The van der Waals surface area contributed by atoms with E-state index in [4.69, 9.17) is 0 Å². The monoisotopic (exact) mass is 186 g/mol. The summed E-state index contributed by atoms with van der Waals surface area (Å²) in [5.41, 5.74) is 2.13. The van der Waals surface area contributed by atoms with Gasteiger partial charge in [-0.2, -0.15) is 5.10 Å². The highest BCUT2D eigenvalue weighted by Crippen LogP contribution is 2.16. The van der Waals surface area contributed by atoms with E-state index < -0.39 is 0 Å². The molecule has 0 atom stereocenters. The molecule has 1 N–H and O–H groups in total. The lowest BCUT2D eigenvalue weighted by molar-refractivity contribution is 0.923. The number of aryl methyl sites for hydroxylation is 1. The number of H-pyrrole nitrogens is 1. The van der Waals surface area contributed by atoms with Gasteiger partial charge < -0.3 is 0 Å². The first-order chi connectivity index (χ1) is 6.90. The lowest BCUT2D eigenvalue weighted by atomic mass is 10.3. The number of nitrogens with zero attached hydrogens (tertiary/aromatic N) is 3. The molecule has 0 aliphatic rings. The third-order valence-electron chi connectivity index (χ3n) is 2.42. The number of hydrogen-bond donors (Lipinski definition) is 1. The first-order valence-corrected chi connectivity index (χ1v) is 4.70. The Labute approximate surface area is 80.6 Å². The van der Waals surface area contributed by atoms with E-state index in [2.05, 4.69) is 32.6 Å². The molecule has 0 fully saturated rings. The summed E-state index contributed by atoms with van der Waals surface area (Å²) in [5.74, 6) is 1.84. The summed E-state index contributed by atoms with van der Waals surface area (Å²) in [6, 6.07) is 8.08. The van der Waals surface area contributed by atoms with Gasteiger partial charge in [0.15, 0.2) is 0 Å². The van der Waals surface area contributed by atoms with Gasteiger partial charge in [-0.05, 0) is 12.1 Å². The zero-order chi connectivity index (χ0) is 9.54. The van der Waals surface area contributed by atoms with Crippen molar-refractivity contribution >= 4 is 16.8 Å². The summed E-state index contributed by atoms with van der Waals surface area (Å²) in [6.45, 7) is 2.09. The highest BCUT2D eigenvalue weighted by Gasteiger charge is 2.08. The molecule has 0 aliphatic carbocycles. The van der Waals surface area contributed by atoms with Crippen LogP contribution in [0.5, 0.6) is 0 Å². The van der Waals surface area contributed by atoms with Gasteiger partial charge in [-0.3, -0.25) is 4.40 Å². The van der Waals surface area contributed by atoms with Crippen LogP contribution in [-0.2, 0) is 6.42 Å². The molecule has 0 unspecified atom stereocenters. The minimum absolute atomic E-state index is 0.822. The summed E-state index contributed by atoms with van der Waals surface area (Å²) in [5, 5.41) is 7.13. The highest BCUT2D eigenvalue weighted by molar-refractivity contribution is 5.79. The molecule has 0 radical (unpaired) electrons. The Balaban J connectivity index is 2.54. The first kappa shape index (κ1) is 7.55. The molecule has 3 aromatic rings. The highest BCUT2D eigenvalue weighted by atomic mass is 15.3. The fraction of sp³-hybridized carbons (Fsp3) is 0.200. The van der Waals surface area contributed by atoms with Crippen molar-refractivity contribution < 1.29 is 0 Å². The third-order valence-corrected chi connectivity index (χ3v) is 2.42. The Morgan fingerprint density at radius 1 is 1.36 bits per heavy atom. The van der Waals surface area contributed by atoms with E-state index in [1.807, 2.05) is 18.2 Å². The molecule has 4 nitrogen and oxygen atoms in total. The molecule has 70 valence electrons. The molecule has 1 aromatic carbocycles. The largest absolute Gasteiger partial charge is 0.263 e. The van der Waals surface area contributed by atoms with Crippen molar-refractivity contribution in [3.05, 3.63) is 30.1 Å². The smallest absolute Gasteiger partial charge is 0.230 e. The summed E-state index contributed by atoms with van der Waals surface area (Å²) in [4.78, 5) is 4.43. The Kier molecular flexibility index (Phi) is 1.39. The van der Waals surface area contributed by atoms with Gasteiger partial charge in [0.25, 0.3) is 0 Å². The number of rotatable bonds is 1. The Hall–Kier alpha value is -1.84.